The van der Waals surface area contributed by atoms with E-state index in [0.717, 1.165) is 12.1 Å². The van der Waals surface area contributed by atoms with Crippen LogP contribution in [0.2, 0.25) is 0 Å². The lowest BCUT2D eigenvalue weighted by molar-refractivity contribution is 0.360. The van der Waals surface area contributed by atoms with Crippen LogP contribution in [0.15, 0.2) is 51.7 Å². The number of methoxy groups -OCH3 is 1. The number of rotatable bonds is 2. The maximum atomic E-state index is 13.7. The molecule has 0 radical (unpaired) electrons. The summed E-state index contributed by atoms with van der Waals surface area (Å²) in [4.78, 5) is 12.0. The molecule has 106 valence electrons. The predicted molar refractivity (Wildman–Crippen MR) is 74.4 cm³/mol. The summed E-state index contributed by atoms with van der Waals surface area (Å²) >= 11 is 0. The smallest absolute Gasteiger partial charge is 0.193 e. The van der Waals surface area contributed by atoms with Crippen LogP contribution in [-0.2, 0) is 0 Å². The third-order valence-electron chi connectivity index (χ3n) is 3.12. The fraction of sp³-hybridized carbons (Fsp3) is 0.0625. The third kappa shape index (κ3) is 2.27. The normalized spacial score (nSPS) is 10.8. The van der Waals surface area contributed by atoms with Crippen molar-refractivity contribution >= 4 is 11.0 Å². The van der Waals surface area contributed by atoms with Gasteiger partial charge in [-0.2, -0.15) is 0 Å². The lowest BCUT2D eigenvalue weighted by Gasteiger charge is -2.07. The molecule has 0 bridgehead atoms. The van der Waals surface area contributed by atoms with Gasteiger partial charge in [0.05, 0.1) is 12.5 Å². The molecule has 3 nitrogen and oxygen atoms in total. The van der Waals surface area contributed by atoms with Crippen molar-refractivity contribution in [2.24, 2.45) is 0 Å². The molecule has 21 heavy (non-hydrogen) atoms. The second kappa shape index (κ2) is 5.01. The van der Waals surface area contributed by atoms with Crippen LogP contribution in [-0.4, -0.2) is 7.11 Å². The summed E-state index contributed by atoms with van der Waals surface area (Å²) < 4.78 is 37.6. The van der Waals surface area contributed by atoms with E-state index in [9.17, 15) is 13.6 Å². The van der Waals surface area contributed by atoms with E-state index < -0.39 is 17.4 Å². The zero-order valence-electron chi connectivity index (χ0n) is 11.0. The standard InChI is InChI=1S/C16H10F2O3/c1-20-16-11(17)6-9(7-12(16)18)15-8-13(19)10-4-2-3-5-14(10)21-15/h2-8H,1H3. The van der Waals surface area contributed by atoms with Gasteiger partial charge < -0.3 is 9.15 Å². The van der Waals surface area contributed by atoms with Gasteiger partial charge in [0.1, 0.15) is 11.3 Å². The van der Waals surface area contributed by atoms with Crippen molar-refractivity contribution in [2.75, 3.05) is 7.11 Å². The number of para-hydroxylation sites is 1. The average molecular weight is 288 g/mol. The Bertz CT molecular complexity index is 861. The zero-order valence-corrected chi connectivity index (χ0v) is 11.0. The first kappa shape index (κ1) is 13.3. The number of hydrogen-bond donors (Lipinski definition) is 0. The first-order valence-electron chi connectivity index (χ1n) is 6.16. The van der Waals surface area contributed by atoms with Gasteiger partial charge in [-0.1, -0.05) is 12.1 Å². The first-order chi connectivity index (χ1) is 10.1. The molecule has 2 aromatic carbocycles. The van der Waals surface area contributed by atoms with Gasteiger partial charge in [0.2, 0.25) is 0 Å². The van der Waals surface area contributed by atoms with Gasteiger partial charge >= 0.3 is 0 Å². The van der Waals surface area contributed by atoms with Gasteiger partial charge in [0.15, 0.2) is 22.8 Å². The minimum Gasteiger partial charge on any atom is -0.491 e. The van der Waals surface area contributed by atoms with Crippen molar-refractivity contribution in [3.8, 4) is 17.1 Å². The molecule has 0 atom stereocenters. The summed E-state index contributed by atoms with van der Waals surface area (Å²) in [6, 6.07) is 10.0. The number of halogens is 2. The second-order valence-electron chi connectivity index (χ2n) is 4.44. The molecule has 0 saturated heterocycles. The molecule has 5 heteroatoms. The largest absolute Gasteiger partial charge is 0.491 e. The highest BCUT2D eigenvalue weighted by molar-refractivity contribution is 5.78. The van der Waals surface area contributed by atoms with E-state index in [1.807, 2.05) is 0 Å². The van der Waals surface area contributed by atoms with Gasteiger partial charge in [-0.25, -0.2) is 8.78 Å². The molecule has 0 N–H and O–H groups in total. The van der Waals surface area contributed by atoms with E-state index in [1.165, 1.54) is 13.2 Å². The Hall–Kier alpha value is -2.69. The number of benzene rings is 2. The number of hydrogen-bond acceptors (Lipinski definition) is 3. The SMILES string of the molecule is COc1c(F)cc(-c2cc(=O)c3ccccc3o2)cc1F. The summed E-state index contributed by atoms with van der Waals surface area (Å²) in [7, 11) is 1.18. The van der Waals surface area contributed by atoms with Crippen LogP contribution in [0.1, 0.15) is 0 Å². The van der Waals surface area contributed by atoms with Crippen LogP contribution >= 0.6 is 0 Å². The summed E-state index contributed by atoms with van der Waals surface area (Å²) in [5.41, 5.74) is 0.216. The molecule has 0 aliphatic carbocycles. The molecule has 3 aromatic rings. The molecule has 0 fully saturated rings. The predicted octanol–water partition coefficient (Wildman–Crippen LogP) is 3.75. The van der Waals surface area contributed by atoms with Crippen molar-refractivity contribution in [1.29, 1.82) is 0 Å². The Labute approximate surface area is 118 Å². The van der Waals surface area contributed by atoms with Gasteiger partial charge in [-0.05, 0) is 24.3 Å². The van der Waals surface area contributed by atoms with E-state index in [1.54, 1.807) is 24.3 Å². The van der Waals surface area contributed by atoms with Gasteiger partial charge in [0, 0.05) is 11.6 Å². The fourth-order valence-corrected chi connectivity index (χ4v) is 2.14. The zero-order chi connectivity index (χ0) is 15.0. The van der Waals surface area contributed by atoms with E-state index >= 15 is 0 Å². The van der Waals surface area contributed by atoms with Crippen LogP contribution in [0.3, 0.4) is 0 Å². The summed E-state index contributed by atoms with van der Waals surface area (Å²) in [5, 5.41) is 0.413. The molecule has 1 aromatic heterocycles. The summed E-state index contributed by atoms with van der Waals surface area (Å²) in [6.07, 6.45) is 0. The van der Waals surface area contributed by atoms with Crippen LogP contribution in [0, 0.1) is 11.6 Å². The first-order valence-corrected chi connectivity index (χ1v) is 6.16. The lowest BCUT2D eigenvalue weighted by Crippen LogP contribution is -2.00. The molecule has 3 rings (SSSR count). The third-order valence-corrected chi connectivity index (χ3v) is 3.12. The topological polar surface area (TPSA) is 39.4 Å². The summed E-state index contributed by atoms with van der Waals surface area (Å²) in [6.45, 7) is 0. The number of fused-ring (bicyclic) bond motifs is 1. The Morgan fingerprint density at radius 1 is 1.05 bits per heavy atom. The molecule has 1 heterocycles. The second-order valence-corrected chi connectivity index (χ2v) is 4.44. The quantitative estimate of drug-likeness (QED) is 0.721. The lowest BCUT2D eigenvalue weighted by atomic mass is 10.1. The van der Waals surface area contributed by atoms with Crippen molar-refractivity contribution in [3.63, 3.8) is 0 Å². The molecular weight excluding hydrogens is 278 g/mol. The number of ether oxygens (including phenoxy) is 1. The maximum Gasteiger partial charge on any atom is 0.193 e. The Morgan fingerprint density at radius 3 is 2.38 bits per heavy atom. The molecule has 0 amide bonds. The van der Waals surface area contributed by atoms with Crippen LogP contribution < -0.4 is 10.2 Å². The minimum absolute atomic E-state index is 0.0964. The van der Waals surface area contributed by atoms with Crippen molar-refractivity contribution in [3.05, 3.63) is 64.3 Å². The Balaban J connectivity index is 2.23. The fourth-order valence-electron chi connectivity index (χ4n) is 2.14. The van der Waals surface area contributed by atoms with Crippen molar-refractivity contribution in [1.82, 2.24) is 0 Å². The summed E-state index contributed by atoms with van der Waals surface area (Å²) in [5.74, 6) is -2.09. The van der Waals surface area contributed by atoms with E-state index in [-0.39, 0.29) is 16.8 Å². The highest BCUT2D eigenvalue weighted by atomic mass is 19.1. The highest BCUT2D eigenvalue weighted by Crippen LogP contribution is 2.29. The van der Waals surface area contributed by atoms with E-state index in [0.29, 0.717) is 11.0 Å². The van der Waals surface area contributed by atoms with E-state index in [4.69, 9.17) is 4.42 Å². The van der Waals surface area contributed by atoms with E-state index in [2.05, 4.69) is 4.74 Å². The maximum absolute atomic E-state index is 13.7. The molecular formula is C16H10F2O3. The molecule has 0 unspecified atom stereocenters. The molecule has 0 aliphatic rings. The van der Waals surface area contributed by atoms with Gasteiger partial charge in [0.25, 0.3) is 0 Å². The average Bonchev–Trinajstić information content (AvgIpc) is 2.47. The monoisotopic (exact) mass is 288 g/mol. The van der Waals surface area contributed by atoms with Crippen molar-refractivity contribution < 1.29 is 17.9 Å². The molecule has 0 saturated carbocycles. The Morgan fingerprint density at radius 2 is 1.71 bits per heavy atom. The van der Waals surface area contributed by atoms with Gasteiger partial charge in [-0.15, -0.1) is 0 Å². The molecule has 0 aliphatic heterocycles. The van der Waals surface area contributed by atoms with Crippen LogP contribution in [0.5, 0.6) is 5.75 Å². The minimum atomic E-state index is -0.858. The highest BCUT2D eigenvalue weighted by Gasteiger charge is 2.14. The van der Waals surface area contributed by atoms with Crippen LogP contribution in [0.25, 0.3) is 22.3 Å². The van der Waals surface area contributed by atoms with Gasteiger partial charge in [-0.3, -0.25) is 4.79 Å². The Kier molecular flexibility index (Phi) is 3.17. The van der Waals surface area contributed by atoms with Crippen LogP contribution in [0.4, 0.5) is 8.78 Å². The van der Waals surface area contributed by atoms with Crippen molar-refractivity contribution in [2.45, 2.75) is 0 Å². The molecule has 0 spiro atoms.